The number of thioether (sulfide) groups is 1. The Bertz CT molecular complexity index is 939. The molecule has 1 aliphatic carbocycles. The zero-order valence-corrected chi connectivity index (χ0v) is 18.3. The molecule has 3 rings (SSSR count). The molecule has 1 aromatic heterocycles. The van der Waals surface area contributed by atoms with Crippen molar-refractivity contribution in [2.24, 2.45) is 5.92 Å². The van der Waals surface area contributed by atoms with Crippen molar-refractivity contribution in [3.05, 3.63) is 45.8 Å². The molecular formula is C21H24N2O4S2. The van der Waals surface area contributed by atoms with Crippen LogP contribution in [-0.4, -0.2) is 30.8 Å². The van der Waals surface area contributed by atoms with Gasteiger partial charge in [-0.1, -0.05) is 26.0 Å². The summed E-state index contributed by atoms with van der Waals surface area (Å²) < 4.78 is 4.56. The number of carbonyl (C=O) groups excluding carboxylic acids is 3. The van der Waals surface area contributed by atoms with Gasteiger partial charge < -0.3 is 10.1 Å². The molecule has 1 atom stereocenters. The van der Waals surface area contributed by atoms with Crippen LogP contribution in [0.3, 0.4) is 0 Å². The van der Waals surface area contributed by atoms with Gasteiger partial charge >= 0.3 is 6.09 Å². The van der Waals surface area contributed by atoms with E-state index in [1.807, 2.05) is 25.1 Å². The lowest BCUT2D eigenvalue weighted by molar-refractivity contribution is 0.0937. The van der Waals surface area contributed by atoms with Gasteiger partial charge in [0.1, 0.15) is 5.00 Å². The SMILES string of the molecule is CCSc1ccccc1C(=O)Nc1sc2c(c1C(=O)NC(=O)OC)CCC(C)C2. The van der Waals surface area contributed by atoms with Crippen LogP contribution in [0.25, 0.3) is 0 Å². The molecule has 154 valence electrons. The number of amides is 3. The quantitative estimate of drug-likeness (QED) is 0.667. The molecule has 0 saturated heterocycles. The van der Waals surface area contributed by atoms with E-state index in [9.17, 15) is 14.4 Å². The first-order chi connectivity index (χ1) is 13.9. The third-order valence-electron chi connectivity index (χ3n) is 4.80. The minimum atomic E-state index is -0.818. The molecule has 1 unspecified atom stereocenters. The van der Waals surface area contributed by atoms with E-state index in [4.69, 9.17) is 0 Å². The second kappa shape index (κ2) is 9.45. The van der Waals surface area contributed by atoms with E-state index in [0.717, 1.165) is 40.4 Å². The van der Waals surface area contributed by atoms with Gasteiger partial charge in [-0.2, -0.15) is 0 Å². The molecular weight excluding hydrogens is 408 g/mol. The van der Waals surface area contributed by atoms with Crippen molar-refractivity contribution >= 4 is 46.0 Å². The van der Waals surface area contributed by atoms with Gasteiger partial charge in [-0.15, -0.1) is 23.1 Å². The highest BCUT2D eigenvalue weighted by molar-refractivity contribution is 7.99. The van der Waals surface area contributed by atoms with Gasteiger partial charge in [0.2, 0.25) is 0 Å². The lowest BCUT2D eigenvalue weighted by Gasteiger charge is -2.18. The molecule has 0 bridgehead atoms. The van der Waals surface area contributed by atoms with Crippen molar-refractivity contribution in [2.45, 2.75) is 38.0 Å². The number of imide groups is 1. The van der Waals surface area contributed by atoms with E-state index in [1.165, 1.54) is 18.4 Å². The van der Waals surface area contributed by atoms with E-state index >= 15 is 0 Å². The van der Waals surface area contributed by atoms with Crippen molar-refractivity contribution in [3.63, 3.8) is 0 Å². The fourth-order valence-corrected chi connectivity index (χ4v) is 5.60. The summed E-state index contributed by atoms with van der Waals surface area (Å²) in [6.07, 6.45) is 1.75. The number of methoxy groups -OCH3 is 1. The molecule has 1 aromatic carbocycles. The number of fused-ring (bicyclic) bond motifs is 1. The van der Waals surface area contributed by atoms with Crippen LogP contribution in [0.1, 0.15) is 51.4 Å². The summed E-state index contributed by atoms with van der Waals surface area (Å²) in [6, 6.07) is 7.40. The molecule has 1 aliphatic rings. The molecule has 3 amide bonds. The third kappa shape index (κ3) is 4.82. The number of carbonyl (C=O) groups is 3. The van der Waals surface area contributed by atoms with Gasteiger partial charge in [0.15, 0.2) is 0 Å². The van der Waals surface area contributed by atoms with Gasteiger partial charge in [-0.05, 0) is 48.6 Å². The monoisotopic (exact) mass is 432 g/mol. The summed E-state index contributed by atoms with van der Waals surface area (Å²) in [5.41, 5.74) is 1.86. The summed E-state index contributed by atoms with van der Waals surface area (Å²) in [7, 11) is 1.21. The number of ether oxygens (including phenoxy) is 1. The smallest absolute Gasteiger partial charge is 0.413 e. The number of nitrogens with one attached hydrogen (secondary N) is 2. The highest BCUT2D eigenvalue weighted by Gasteiger charge is 2.29. The second-order valence-corrected chi connectivity index (χ2v) is 9.30. The van der Waals surface area contributed by atoms with E-state index in [1.54, 1.807) is 17.8 Å². The predicted molar refractivity (Wildman–Crippen MR) is 116 cm³/mol. The maximum atomic E-state index is 13.0. The van der Waals surface area contributed by atoms with Crippen LogP contribution >= 0.6 is 23.1 Å². The maximum Gasteiger partial charge on any atom is 0.413 e. The Morgan fingerprint density at radius 2 is 2.00 bits per heavy atom. The van der Waals surface area contributed by atoms with Gasteiger partial charge in [0, 0.05) is 9.77 Å². The van der Waals surface area contributed by atoms with Crippen LogP contribution in [-0.2, 0) is 17.6 Å². The molecule has 6 nitrogen and oxygen atoms in total. The Hall–Kier alpha value is -2.32. The number of benzene rings is 1. The average Bonchev–Trinajstić information content (AvgIpc) is 3.05. The minimum Gasteiger partial charge on any atom is -0.453 e. The number of rotatable bonds is 5. The Labute approximate surface area is 178 Å². The normalized spacial score (nSPS) is 15.3. The first kappa shape index (κ1) is 21.4. The Kier molecular flexibility index (Phi) is 6.97. The molecule has 2 N–H and O–H groups in total. The summed E-state index contributed by atoms with van der Waals surface area (Å²) in [4.78, 5) is 39.3. The molecule has 0 saturated carbocycles. The summed E-state index contributed by atoms with van der Waals surface area (Å²) >= 11 is 3.01. The number of anilines is 1. The number of hydrogen-bond acceptors (Lipinski definition) is 6. The molecule has 0 radical (unpaired) electrons. The Balaban J connectivity index is 1.95. The van der Waals surface area contributed by atoms with Crippen LogP contribution in [0.2, 0.25) is 0 Å². The Morgan fingerprint density at radius 3 is 2.72 bits per heavy atom. The van der Waals surface area contributed by atoms with Gasteiger partial charge in [-0.25, -0.2) is 4.79 Å². The number of thiophene rings is 1. The van der Waals surface area contributed by atoms with E-state index in [2.05, 4.69) is 22.3 Å². The molecule has 0 aliphatic heterocycles. The first-order valence-corrected chi connectivity index (χ1v) is 11.3. The molecule has 8 heteroatoms. The van der Waals surface area contributed by atoms with Crippen molar-refractivity contribution in [1.82, 2.24) is 5.32 Å². The van der Waals surface area contributed by atoms with Crippen LogP contribution in [0, 0.1) is 5.92 Å². The fourth-order valence-electron chi connectivity index (χ4n) is 3.39. The lowest BCUT2D eigenvalue weighted by Crippen LogP contribution is -2.31. The van der Waals surface area contributed by atoms with E-state index in [-0.39, 0.29) is 5.91 Å². The zero-order chi connectivity index (χ0) is 21.0. The fraction of sp³-hybridized carbons (Fsp3) is 0.381. The second-order valence-electron chi connectivity index (χ2n) is 6.88. The molecule has 29 heavy (non-hydrogen) atoms. The highest BCUT2D eigenvalue weighted by Crippen LogP contribution is 2.40. The third-order valence-corrected chi connectivity index (χ3v) is 6.92. The highest BCUT2D eigenvalue weighted by atomic mass is 32.2. The van der Waals surface area contributed by atoms with Crippen molar-refractivity contribution in [1.29, 1.82) is 0 Å². The zero-order valence-electron chi connectivity index (χ0n) is 16.7. The summed E-state index contributed by atoms with van der Waals surface area (Å²) in [6.45, 7) is 4.20. The topological polar surface area (TPSA) is 84.5 Å². The molecule has 0 fully saturated rings. The van der Waals surface area contributed by atoms with Crippen LogP contribution in [0.15, 0.2) is 29.2 Å². The maximum absolute atomic E-state index is 13.0. The standard InChI is InChI=1S/C21H24N2O4S2/c1-4-28-15-8-6-5-7-14(15)18(24)22-20-17(19(25)23-21(26)27-3)13-10-9-12(2)11-16(13)29-20/h5-8,12H,4,9-11H2,1-3H3,(H,22,24)(H,23,25,26). The van der Waals surface area contributed by atoms with Crippen molar-refractivity contribution < 1.29 is 19.1 Å². The minimum absolute atomic E-state index is 0.264. The lowest BCUT2D eigenvalue weighted by atomic mass is 9.88. The van der Waals surface area contributed by atoms with E-state index < -0.39 is 12.0 Å². The average molecular weight is 433 g/mol. The predicted octanol–water partition coefficient (Wildman–Crippen LogP) is 4.73. The summed E-state index contributed by atoms with van der Waals surface area (Å²) in [5.74, 6) is 0.557. The van der Waals surface area contributed by atoms with Crippen LogP contribution in [0.5, 0.6) is 0 Å². The molecule has 2 aromatic rings. The van der Waals surface area contributed by atoms with Crippen LogP contribution < -0.4 is 10.6 Å². The van der Waals surface area contributed by atoms with Crippen molar-refractivity contribution in [2.75, 3.05) is 18.2 Å². The van der Waals surface area contributed by atoms with Gasteiger partial charge in [0.25, 0.3) is 11.8 Å². The van der Waals surface area contributed by atoms with Crippen molar-refractivity contribution in [3.8, 4) is 0 Å². The molecule has 0 spiro atoms. The van der Waals surface area contributed by atoms with Gasteiger partial charge in [0.05, 0.1) is 18.2 Å². The summed E-state index contributed by atoms with van der Waals surface area (Å²) in [5, 5.41) is 5.63. The first-order valence-electron chi connectivity index (χ1n) is 9.51. The molecule has 1 heterocycles. The number of hydrogen-bond donors (Lipinski definition) is 2. The van der Waals surface area contributed by atoms with E-state index in [0.29, 0.717) is 22.0 Å². The largest absolute Gasteiger partial charge is 0.453 e. The van der Waals surface area contributed by atoms with Gasteiger partial charge in [-0.3, -0.25) is 14.9 Å². The Morgan fingerprint density at radius 1 is 1.24 bits per heavy atom. The number of alkyl carbamates (subject to hydrolysis) is 1. The van der Waals surface area contributed by atoms with Crippen LogP contribution in [0.4, 0.5) is 9.80 Å².